The summed E-state index contributed by atoms with van der Waals surface area (Å²) in [4.78, 5) is 25.9. The normalized spacial score (nSPS) is 16.2. The number of amides is 1. The van der Waals surface area contributed by atoms with Crippen LogP contribution in [0.1, 0.15) is 36.7 Å². The second-order valence-electron chi connectivity index (χ2n) is 6.97. The molecule has 1 amide bonds. The molecule has 7 heteroatoms. The molecule has 1 unspecified atom stereocenters. The number of hydrogen-bond donors (Lipinski definition) is 1. The first kappa shape index (κ1) is 18.2. The monoisotopic (exact) mass is 380 g/mol. The molecule has 6 nitrogen and oxygen atoms in total. The molecule has 0 fully saturated rings. The maximum Gasteiger partial charge on any atom is 0.346 e. The topological polar surface area (TPSA) is 68.9 Å². The highest BCUT2D eigenvalue weighted by atomic mass is 19.1. The van der Waals surface area contributed by atoms with Crippen molar-refractivity contribution in [3.05, 3.63) is 82.3 Å². The Morgan fingerprint density at radius 3 is 2.75 bits per heavy atom. The van der Waals surface area contributed by atoms with E-state index in [2.05, 4.69) is 10.4 Å². The summed E-state index contributed by atoms with van der Waals surface area (Å²) in [5, 5.41) is 7.33. The predicted octanol–water partition coefficient (Wildman–Crippen LogP) is 3.14. The first-order valence-corrected chi connectivity index (χ1v) is 9.40. The van der Waals surface area contributed by atoms with Gasteiger partial charge in [0.05, 0.1) is 6.54 Å². The van der Waals surface area contributed by atoms with Crippen molar-refractivity contribution in [2.75, 3.05) is 5.32 Å². The van der Waals surface area contributed by atoms with Crippen molar-refractivity contribution in [3.8, 4) is 0 Å². The Kier molecular flexibility index (Phi) is 5.06. The van der Waals surface area contributed by atoms with Crippen molar-refractivity contribution in [2.45, 2.75) is 38.3 Å². The molecule has 1 aromatic heterocycles. The first-order valence-electron chi connectivity index (χ1n) is 9.40. The largest absolute Gasteiger partial charge is 0.346 e. The molecule has 28 heavy (non-hydrogen) atoms. The zero-order valence-electron chi connectivity index (χ0n) is 15.3. The van der Waals surface area contributed by atoms with Gasteiger partial charge in [-0.2, -0.15) is 5.10 Å². The van der Waals surface area contributed by atoms with Crippen LogP contribution in [0.15, 0.2) is 59.4 Å². The van der Waals surface area contributed by atoms with Crippen LogP contribution in [-0.2, 0) is 17.8 Å². The number of benzene rings is 2. The number of nitrogens with one attached hydrogen (secondary N) is 1. The van der Waals surface area contributed by atoms with Gasteiger partial charge < -0.3 is 5.32 Å². The minimum atomic E-state index is -0.605. The van der Waals surface area contributed by atoms with Crippen LogP contribution in [0.25, 0.3) is 0 Å². The van der Waals surface area contributed by atoms with E-state index in [0.717, 1.165) is 12.8 Å². The van der Waals surface area contributed by atoms with Crippen molar-refractivity contribution in [2.24, 2.45) is 0 Å². The summed E-state index contributed by atoms with van der Waals surface area (Å²) in [6, 6.07) is 14.7. The van der Waals surface area contributed by atoms with Crippen LogP contribution in [0.3, 0.4) is 0 Å². The molecule has 3 aromatic rings. The maximum absolute atomic E-state index is 13.5. The molecule has 1 atom stereocenters. The van der Waals surface area contributed by atoms with E-state index in [-0.39, 0.29) is 24.0 Å². The summed E-state index contributed by atoms with van der Waals surface area (Å²) in [7, 11) is 0. The Labute approximate surface area is 161 Å². The van der Waals surface area contributed by atoms with Crippen LogP contribution in [-0.4, -0.2) is 20.3 Å². The third-order valence-corrected chi connectivity index (χ3v) is 4.95. The Hall–Kier alpha value is -3.22. The maximum atomic E-state index is 13.5. The van der Waals surface area contributed by atoms with Crippen molar-refractivity contribution in [3.63, 3.8) is 0 Å². The van der Waals surface area contributed by atoms with Gasteiger partial charge >= 0.3 is 5.69 Å². The molecule has 2 heterocycles. The predicted molar refractivity (Wildman–Crippen MR) is 104 cm³/mol. The number of carbonyl (C=O) groups is 1. The van der Waals surface area contributed by atoms with E-state index in [4.69, 9.17) is 0 Å². The van der Waals surface area contributed by atoms with Gasteiger partial charge in [-0.05, 0) is 42.7 Å². The van der Waals surface area contributed by atoms with E-state index >= 15 is 0 Å². The summed E-state index contributed by atoms with van der Waals surface area (Å²) >= 11 is 0. The Bertz CT molecular complexity index is 1040. The lowest BCUT2D eigenvalue weighted by atomic mass is 10.1. The number of carbonyl (C=O) groups excluding carboxylic acids is 1. The molecule has 0 spiro atoms. The number of anilines is 1. The highest BCUT2D eigenvalue weighted by Crippen LogP contribution is 2.23. The van der Waals surface area contributed by atoms with Gasteiger partial charge in [0, 0.05) is 12.1 Å². The van der Waals surface area contributed by atoms with E-state index in [0.29, 0.717) is 29.9 Å². The molecule has 1 aliphatic rings. The van der Waals surface area contributed by atoms with Gasteiger partial charge in [-0.1, -0.05) is 36.8 Å². The standard InChI is InChI=1S/C21H21FN4O2/c22-16-8-6-7-15(13-16)14-25-21(28)26-18(11-4-5-12-19(26)24-25)20(27)23-17-9-2-1-3-10-17/h1-3,6-10,13,18H,4-5,11-12,14H2,(H,23,27). The van der Waals surface area contributed by atoms with Crippen molar-refractivity contribution < 1.29 is 9.18 Å². The number of aromatic nitrogens is 3. The number of rotatable bonds is 4. The Balaban J connectivity index is 1.64. The third kappa shape index (κ3) is 3.74. The van der Waals surface area contributed by atoms with Crippen LogP contribution < -0.4 is 11.0 Å². The molecule has 0 saturated carbocycles. The highest BCUT2D eigenvalue weighted by molar-refractivity contribution is 5.93. The molecular formula is C21H21FN4O2. The second-order valence-corrected chi connectivity index (χ2v) is 6.97. The van der Waals surface area contributed by atoms with Gasteiger partial charge in [0.2, 0.25) is 5.91 Å². The highest BCUT2D eigenvalue weighted by Gasteiger charge is 2.29. The number of fused-ring (bicyclic) bond motifs is 1. The molecule has 2 aromatic carbocycles. The SMILES string of the molecule is O=C(Nc1ccccc1)C1CCCCc2nn(Cc3cccc(F)c3)c(=O)n21. The van der Waals surface area contributed by atoms with E-state index in [1.165, 1.54) is 21.4 Å². The number of hydrogen-bond acceptors (Lipinski definition) is 3. The van der Waals surface area contributed by atoms with E-state index in [1.54, 1.807) is 12.1 Å². The molecule has 0 saturated heterocycles. The van der Waals surface area contributed by atoms with Crippen molar-refractivity contribution >= 4 is 11.6 Å². The molecule has 0 bridgehead atoms. The average Bonchev–Trinajstić information content (AvgIpc) is 2.86. The fourth-order valence-corrected chi connectivity index (χ4v) is 3.61. The van der Waals surface area contributed by atoms with Crippen LogP contribution in [0, 0.1) is 5.82 Å². The molecule has 1 N–H and O–H groups in total. The van der Waals surface area contributed by atoms with Gasteiger partial charge in [0.15, 0.2) is 0 Å². The second kappa shape index (κ2) is 7.80. The Morgan fingerprint density at radius 2 is 1.96 bits per heavy atom. The summed E-state index contributed by atoms with van der Waals surface area (Å²) in [6.45, 7) is 0.170. The molecule has 4 rings (SSSR count). The van der Waals surface area contributed by atoms with Gasteiger partial charge in [-0.25, -0.2) is 13.9 Å². The van der Waals surface area contributed by atoms with Gasteiger partial charge in [-0.3, -0.25) is 9.36 Å². The van der Waals surface area contributed by atoms with Gasteiger partial charge in [0.25, 0.3) is 0 Å². The molecular weight excluding hydrogens is 359 g/mol. The number of nitrogens with zero attached hydrogens (tertiary/aromatic N) is 3. The zero-order valence-corrected chi connectivity index (χ0v) is 15.3. The average molecular weight is 380 g/mol. The lowest BCUT2D eigenvalue weighted by Gasteiger charge is -2.16. The fourth-order valence-electron chi connectivity index (χ4n) is 3.61. The molecule has 1 aliphatic heterocycles. The summed E-state index contributed by atoms with van der Waals surface area (Å²) in [5.74, 6) is 0.0281. The lowest BCUT2D eigenvalue weighted by Crippen LogP contribution is -2.35. The quantitative estimate of drug-likeness (QED) is 0.756. The number of para-hydroxylation sites is 1. The lowest BCUT2D eigenvalue weighted by molar-refractivity contribution is -0.119. The smallest absolute Gasteiger partial charge is 0.324 e. The zero-order chi connectivity index (χ0) is 19.5. The van der Waals surface area contributed by atoms with Crippen LogP contribution in [0.5, 0.6) is 0 Å². The number of aryl methyl sites for hydroxylation is 1. The van der Waals surface area contributed by atoms with E-state index < -0.39 is 6.04 Å². The summed E-state index contributed by atoms with van der Waals surface area (Å²) in [6.07, 6.45) is 2.93. The van der Waals surface area contributed by atoms with Crippen LogP contribution in [0.4, 0.5) is 10.1 Å². The van der Waals surface area contributed by atoms with Crippen LogP contribution in [0.2, 0.25) is 0 Å². The van der Waals surface area contributed by atoms with Crippen LogP contribution >= 0.6 is 0 Å². The fraction of sp³-hybridized carbons (Fsp3) is 0.286. The summed E-state index contributed by atoms with van der Waals surface area (Å²) < 4.78 is 16.3. The molecule has 0 radical (unpaired) electrons. The minimum absolute atomic E-state index is 0.170. The first-order chi connectivity index (χ1) is 13.6. The van der Waals surface area contributed by atoms with Crippen molar-refractivity contribution in [1.29, 1.82) is 0 Å². The van der Waals surface area contributed by atoms with E-state index in [9.17, 15) is 14.0 Å². The third-order valence-electron chi connectivity index (χ3n) is 4.95. The summed E-state index contributed by atoms with van der Waals surface area (Å²) in [5.41, 5.74) is 1.01. The van der Waals surface area contributed by atoms with E-state index in [1.807, 2.05) is 30.3 Å². The minimum Gasteiger partial charge on any atom is -0.324 e. The number of halogens is 1. The van der Waals surface area contributed by atoms with Gasteiger partial charge in [-0.15, -0.1) is 0 Å². The molecule has 0 aliphatic carbocycles. The Morgan fingerprint density at radius 1 is 1.14 bits per heavy atom. The van der Waals surface area contributed by atoms with Gasteiger partial charge in [0.1, 0.15) is 17.7 Å². The molecule has 144 valence electrons. The van der Waals surface area contributed by atoms with Crippen molar-refractivity contribution in [1.82, 2.24) is 14.3 Å².